The Bertz CT molecular complexity index is 683. The Kier molecular flexibility index (Phi) is 6.73. The Labute approximate surface area is 174 Å². The fourth-order valence-electron chi connectivity index (χ4n) is 5.19. The zero-order valence-corrected chi connectivity index (χ0v) is 17.6. The normalized spacial score (nSPS) is 21.0. The minimum Gasteiger partial charge on any atom is -0.368 e. The zero-order valence-electron chi connectivity index (χ0n) is 17.6. The molecule has 2 saturated carbocycles. The van der Waals surface area contributed by atoms with Crippen LogP contribution in [0.2, 0.25) is 0 Å². The average Bonchev–Trinajstić information content (AvgIpc) is 3.47. The highest BCUT2D eigenvalue weighted by Gasteiger charge is 2.24. The molecule has 1 saturated heterocycles. The third-order valence-corrected chi connectivity index (χ3v) is 7.10. The van der Waals surface area contributed by atoms with Gasteiger partial charge in [-0.25, -0.2) is 0 Å². The molecule has 0 unspecified atom stereocenters. The number of rotatable bonds is 6. The number of carbonyl (C=O) groups excluding carboxylic acids is 2. The van der Waals surface area contributed by atoms with Crippen molar-refractivity contribution in [3.8, 4) is 0 Å². The van der Waals surface area contributed by atoms with Crippen LogP contribution >= 0.6 is 0 Å². The number of carbonyl (C=O) groups is 2. The maximum Gasteiger partial charge on any atom is 0.227 e. The first-order valence-electron chi connectivity index (χ1n) is 11.6. The van der Waals surface area contributed by atoms with Crippen molar-refractivity contribution < 1.29 is 9.59 Å². The van der Waals surface area contributed by atoms with Crippen molar-refractivity contribution in [3.63, 3.8) is 0 Å². The van der Waals surface area contributed by atoms with E-state index in [0.717, 1.165) is 63.5 Å². The van der Waals surface area contributed by atoms with Crippen molar-refractivity contribution in [2.75, 3.05) is 36.4 Å². The van der Waals surface area contributed by atoms with Gasteiger partial charge in [0.15, 0.2) is 0 Å². The van der Waals surface area contributed by atoms with Crippen molar-refractivity contribution in [3.05, 3.63) is 24.3 Å². The summed E-state index contributed by atoms with van der Waals surface area (Å²) in [6, 6.07) is 8.17. The lowest BCUT2D eigenvalue weighted by Gasteiger charge is -2.36. The molecule has 5 heteroatoms. The minimum absolute atomic E-state index is 0.167. The first-order chi connectivity index (χ1) is 14.2. The maximum atomic E-state index is 12.5. The third kappa shape index (κ3) is 5.31. The van der Waals surface area contributed by atoms with E-state index in [2.05, 4.69) is 22.3 Å². The zero-order chi connectivity index (χ0) is 20.1. The van der Waals surface area contributed by atoms with Crippen LogP contribution in [-0.2, 0) is 9.59 Å². The van der Waals surface area contributed by atoms with Gasteiger partial charge in [0.2, 0.25) is 11.8 Å². The number of piperazine rings is 1. The van der Waals surface area contributed by atoms with Crippen LogP contribution in [-0.4, -0.2) is 42.9 Å². The molecule has 1 aromatic rings. The lowest BCUT2D eigenvalue weighted by molar-refractivity contribution is -0.131. The highest BCUT2D eigenvalue weighted by molar-refractivity contribution is 5.92. The Morgan fingerprint density at radius 1 is 0.862 bits per heavy atom. The van der Waals surface area contributed by atoms with Crippen LogP contribution < -0.4 is 10.2 Å². The van der Waals surface area contributed by atoms with Crippen LogP contribution in [0.4, 0.5) is 11.4 Å². The van der Waals surface area contributed by atoms with Gasteiger partial charge in [0, 0.05) is 49.9 Å². The lowest BCUT2D eigenvalue weighted by atomic mass is 10.0. The number of benzene rings is 1. The van der Waals surface area contributed by atoms with E-state index in [0.29, 0.717) is 5.91 Å². The van der Waals surface area contributed by atoms with Crippen molar-refractivity contribution in [1.82, 2.24) is 4.90 Å². The van der Waals surface area contributed by atoms with Crippen LogP contribution in [0, 0.1) is 11.8 Å². The molecule has 0 aromatic heterocycles. The van der Waals surface area contributed by atoms with E-state index < -0.39 is 0 Å². The second-order valence-electron chi connectivity index (χ2n) is 9.07. The summed E-state index contributed by atoms with van der Waals surface area (Å²) in [6.45, 7) is 3.37. The summed E-state index contributed by atoms with van der Waals surface area (Å²) < 4.78 is 0. The van der Waals surface area contributed by atoms with Crippen LogP contribution in [0.1, 0.15) is 64.2 Å². The number of nitrogens with one attached hydrogen (secondary N) is 1. The summed E-state index contributed by atoms with van der Waals surface area (Å²) >= 11 is 0. The Morgan fingerprint density at radius 3 is 2.14 bits per heavy atom. The topological polar surface area (TPSA) is 52.7 Å². The molecule has 5 nitrogen and oxygen atoms in total. The molecular weight excluding hydrogens is 362 g/mol. The van der Waals surface area contributed by atoms with E-state index in [9.17, 15) is 9.59 Å². The van der Waals surface area contributed by atoms with E-state index >= 15 is 0 Å². The highest BCUT2D eigenvalue weighted by atomic mass is 16.2. The standard InChI is InChI=1S/C24H35N3O2/c28-23(14-9-19-5-1-2-6-19)27-17-15-26(16-18-27)22-12-10-21(11-13-22)25-24(29)20-7-3-4-8-20/h10-13,19-20H,1-9,14-18H2,(H,25,29). The van der Waals surface area contributed by atoms with Crippen LogP contribution in [0.5, 0.6) is 0 Å². The summed E-state index contributed by atoms with van der Waals surface area (Å²) in [4.78, 5) is 29.2. The number of anilines is 2. The fraction of sp³-hybridized carbons (Fsp3) is 0.667. The largest absolute Gasteiger partial charge is 0.368 e. The van der Waals surface area contributed by atoms with E-state index in [1.54, 1.807) is 0 Å². The van der Waals surface area contributed by atoms with Gasteiger partial charge in [0.25, 0.3) is 0 Å². The van der Waals surface area contributed by atoms with Gasteiger partial charge in [-0.2, -0.15) is 0 Å². The Hall–Kier alpha value is -2.04. The minimum atomic E-state index is 0.167. The SMILES string of the molecule is O=C(Nc1ccc(N2CCN(C(=O)CCC3CCCC3)CC2)cc1)C1CCCC1. The van der Waals surface area contributed by atoms with Crippen LogP contribution in [0.15, 0.2) is 24.3 Å². The molecule has 1 heterocycles. The second-order valence-corrected chi connectivity index (χ2v) is 9.07. The first-order valence-corrected chi connectivity index (χ1v) is 11.6. The average molecular weight is 398 g/mol. The number of nitrogens with zero attached hydrogens (tertiary/aromatic N) is 2. The van der Waals surface area contributed by atoms with Gasteiger partial charge in [0.1, 0.15) is 0 Å². The summed E-state index contributed by atoms with van der Waals surface area (Å²) in [5.41, 5.74) is 2.05. The molecule has 1 aromatic carbocycles. The van der Waals surface area contributed by atoms with E-state index in [1.807, 2.05) is 17.0 Å². The van der Waals surface area contributed by atoms with Gasteiger partial charge in [-0.05, 0) is 49.4 Å². The van der Waals surface area contributed by atoms with Gasteiger partial charge in [-0.1, -0.05) is 38.5 Å². The van der Waals surface area contributed by atoms with Crippen LogP contribution in [0.25, 0.3) is 0 Å². The van der Waals surface area contributed by atoms with Crippen molar-refractivity contribution in [2.24, 2.45) is 11.8 Å². The van der Waals surface area contributed by atoms with Gasteiger partial charge < -0.3 is 15.1 Å². The molecule has 0 bridgehead atoms. The summed E-state index contributed by atoms with van der Waals surface area (Å²) in [7, 11) is 0. The van der Waals surface area contributed by atoms with Crippen LogP contribution in [0.3, 0.4) is 0 Å². The quantitative estimate of drug-likeness (QED) is 0.772. The smallest absolute Gasteiger partial charge is 0.227 e. The monoisotopic (exact) mass is 397 g/mol. The number of hydrogen-bond acceptors (Lipinski definition) is 3. The van der Waals surface area contributed by atoms with Gasteiger partial charge >= 0.3 is 0 Å². The molecule has 3 aliphatic rings. The van der Waals surface area contributed by atoms with E-state index in [1.165, 1.54) is 44.2 Å². The molecule has 1 aliphatic heterocycles. The number of amides is 2. The molecule has 1 N–H and O–H groups in total. The molecule has 158 valence electrons. The molecule has 0 radical (unpaired) electrons. The van der Waals surface area contributed by atoms with Crippen molar-refractivity contribution in [1.29, 1.82) is 0 Å². The van der Waals surface area contributed by atoms with Crippen molar-refractivity contribution in [2.45, 2.75) is 64.2 Å². The molecular formula is C24H35N3O2. The second kappa shape index (κ2) is 9.64. The molecule has 2 amide bonds. The van der Waals surface area contributed by atoms with Gasteiger partial charge in [0.05, 0.1) is 0 Å². The molecule has 4 rings (SSSR count). The fourth-order valence-corrected chi connectivity index (χ4v) is 5.19. The maximum absolute atomic E-state index is 12.5. The molecule has 29 heavy (non-hydrogen) atoms. The number of hydrogen-bond donors (Lipinski definition) is 1. The lowest BCUT2D eigenvalue weighted by Crippen LogP contribution is -2.48. The molecule has 2 aliphatic carbocycles. The van der Waals surface area contributed by atoms with Crippen molar-refractivity contribution >= 4 is 23.2 Å². The molecule has 0 atom stereocenters. The van der Waals surface area contributed by atoms with E-state index in [-0.39, 0.29) is 11.8 Å². The Morgan fingerprint density at radius 2 is 1.48 bits per heavy atom. The summed E-state index contributed by atoms with van der Waals surface area (Å²) in [6.07, 6.45) is 11.5. The third-order valence-electron chi connectivity index (χ3n) is 7.10. The van der Waals surface area contributed by atoms with Gasteiger partial charge in [-0.3, -0.25) is 9.59 Å². The predicted octanol–water partition coefficient (Wildman–Crippen LogP) is 4.43. The Balaban J connectivity index is 1.21. The highest BCUT2D eigenvalue weighted by Crippen LogP contribution is 2.29. The first kappa shape index (κ1) is 20.2. The summed E-state index contributed by atoms with van der Waals surface area (Å²) in [5.74, 6) is 1.48. The summed E-state index contributed by atoms with van der Waals surface area (Å²) in [5, 5.41) is 3.06. The van der Waals surface area contributed by atoms with Gasteiger partial charge in [-0.15, -0.1) is 0 Å². The predicted molar refractivity (Wildman–Crippen MR) is 117 cm³/mol. The molecule has 0 spiro atoms. The van der Waals surface area contributed by atoms with E-state index in [4.69, 9.17) is 0 Å². The molecule has 3 fully saturated rings.